The van der Waals surface area contributed by atoms with Crippen LogP contribution in [0.4, 0.5) is 4.79 Å². The molecule has 1 aliphatic heterocycles. The minimum atomic E-state index is -1.21. The highest BCUT2D eigenvalue weighted by atomic mass is 16.2. The Bertz CT molecular complexity index is 1210. The van der Waals surface area contributed by atoms with Gasteiger partial charge in [0.1, 0.15) is 12.1 Å². The number of imide groups is 1. The molecule has 1 atom stereocenters. The van der Waals surface area contributed by atoms with E-state index in [1.807, 2.05) is 84.9 Å². The molecule has 36 heavy (non-hydrogen) atoms. The molecule has 0 aliphatic carbocycles. The van der Waals surface area contributed by atoms with E-state index in [-0.39, 0.29) is 12.5 Å². The van der Waals surface area contributed by atoms with Crippen molar-refractivity contribution in [2.45, 2.75) is 45.2 Å². The molecule has 4 rings (SSSR count). The molecule has 0 aromatic heterocycles. The number of amides is 4. The maximum absolute atomic E-state index is 13.4. The smallest absolute Gasteiger partial charge is 0.325 e. The summed E-state index contributed by atoms with van der Waals surface area (Å²) in [6.45, 7) is 6.49. The lowest BCUT2D eigenvalue weighted by molar-refractivity contribution is -0.139. The molecule has 0 spiro atoms. The van der Waals surface area contributed by atoms with Crippen LogP contribution in [-0.2, 0) is 28.1 Å². The summed E-state index contributed by atoms with van der Waals surface area (Å²) in [6, 6.07) is 26.8. The zero-order valence-corrected chi connectivity index (χ0v) is 21.1. The van der Waals surface area contributed by atoms with Gasteiger partial charge in [0.25, 0.3) is 5.91 Å². The highest BCUT2D eigenvalue weighted by molar-refractivity contribution is 6.09. The van der Waals surface area contributed by atoms with Gasteiger partial charge in [0.2, 0.25) is 5.91 Å². The van der Waals surface area contributed by atoms with Crippen LogP contribution in [0.25, 0.3) is 0 Å². The molecule has 1 heterocycles. The molecule has 1 N–H and O–H groups in total. The molecule has 1 saturated heterocycles. The third-order valence-electron chi connectivity index (χ3n) is 6.81. The van der Waals surface area contributed by atoms with E-state index >= 15 is 0 Å². The Morgan fingerprint density at radius 3 is 2.06 bits per heavy atom. The van der Waals surface area contributed by atoms with Gasteiger partial charge in [-0.15, -0.1) is 0 Å². The van der Waals surface area contributed by atoms with E-state index in [1.54, 1.807) is 11.8 Å². The summed E-state index contributed by atoms with van der Waals surface area (Å²) >= 11 is 0. The fourth-order valence-electron chi connectivity index (χ4n) is 4.48. The first-order valence-electron chi connectivity index (χ1n) is 12.4. The Labute approximate surface area is 212 Å². The first-order valence-corrected chi connectivity index (χ1v) is 12.4. The van der Waals surface area contributed by atoms with Crippen molar-refractivity contribution < 1.29 is 14.4 Å². The number of hydrogen-bond donors (Lipinski definition) is 1. The van der Waals surface area contributed by atoms with Crippen LogP contribution in [0.2, 0.25) is 0 Å². The summed E-state index contributed by atoms with van der Waals surface area (Å²) in [5.41, 5.74) is 2.76. The van der Waals surface area contributed by atoms with Crippen molar-refractivity contribution in [1.29, 1.82) is 0 Å². The number of rotatable bonds is 9. The summed E-state index contributed by atoms with van der Waals surface area (Å²) in [4.78, 5) is 42.5. The molecule has 1 unspecified atom stereocenters. The van der Waals surface area contributed by atoms with Crippen molar-refractivity contribution in [2.24, 2.45) is 0 Å². The van der Waals surface area contributed by atoms with Crippen LogP contribution in [0, 0.1) is 0 Å². The molecule has 6 heteroatoms. The highest BCUT2D eigenvalue weighted by Gasteiger charge is 2.49. The number of carbonyl (C=O) groups excluding carboxylic acids is 3. The fourth-order valence-corrected chi connectivity index (χ4v) is 4.48. The quantitative estimate of drug-likeness (QED) is 0.443. The molecule has 4 amide bonds. The van der Waals surface area contributed by atoms with Gasteiger partial charge in [-0.1, -0.05) is 98.8 Å². The second-order valence-corrected chi connectivity index (χ2v) is 9.76. The largest absolute Gasteiger partial charge is 0.336 e. The summed E-state index contributed by atoms with van der Waals surface area (Å²) in [7, 11) is 0. The maximum atomic E-state index is 13.4. The maximum Gasteiger partial charge on any atom is 0.325 e. The predicted octanol–water partition coefficient (Wildman–Crippen LogP) is 4.85. The number of benzene rings is 3. The van der Waals surface area contributed by atoms with E-state index in [0.717, 1.165) is 21.6 Å². The standard InChI is InChI=1S/C30H33N3O3/c1-22(2)25-14-16-26(17-15-25)30(3)28(35)33(29(36)31-30)21-27(34)32(20-24-12-8-5-9-13-24)19-18-23-10-6-4-7-11-23/h4-17,22H,18-21H2,1-3H3,(H,31,36). The number of nitrogens with one attached hydrogen (secondary N) is 1. The van der Waals surface area contributed by atoms with Crippen LogP contribution in [0.3, 0.4) is 0 Å². The molecule has 0 radical (unpaired) electrons. The summed E-state index contributed by atoms with van der Waals surface area (Å²) < 4.78 is 0. The second-order valence-electron chi connectivity index (χ2n) is 9.76. The second kappa shape index (κ2) is 10.8. The number of nitrogens with zero attached hydrogens (tertiary/aromatic N) is 2. The van der Waals surface area contributed by atoms with Crippen molar-refractivity contribution in [2.75, 3.05) is 13.1 Å². The van der Waals surface area contributed by atoms with Gasteiger partial charge in [-0.3, -0.25) is 14.5 Å². The molecule has 1 fully saturated rings. The average Bonchev–Trinajstić information content (AvgIpc) is 3.11. The van der Waals surface area contributed by atoms with Crippen LogP contribution in [0.5, 0.6) is 0 Å². The summed E-state index contributed by atoms with van der Waals surface area (Å²) in [5, 5.41) is 2.81. The Morgan fingerprint density at radius 2 is 1.47 bits per heavy atom. The summed E-state index contributed by atoms with van der Waals surface area (Å²) in [5.74, 6) is -0.320. The summed E-state index contributed by atoms with van der Waals surface area (Å²) in [6.07, 6.45) is 0.680. The molecule has 186 valence electrons. The van der Waals surface area contributed by atoms with Gasteiger partial charge in [-0.05, 0) is 41.5 Å². The molecule has 3 aromatic carbocycles. The lowest BCUT2D eigenvalue weighted by Crippen LogP contribution is -2.44. The Morgan fingerprint density at radius 1 is 0.889 bits per heavy atom. The first-order chi connectivity index (χ1) is 17.3. The number of carbonyl (C=O) groups is 3. The minimum absolute atomic E-state index is 0.266. The van der Waals surface area contributed by atoms with Crippen LogP contribution >= 0.6 is 0 Å². The van der Waals surface area contributed by atoms with E-state index < -0.39 is 17.5 Å². The molecule has 0 bridgehead atoms. The normalized spacial score (nSPS) is 17.4. The zero-order chi connectivity index (χ0) is 25.7. The average molecular weight is 484 g/mol. The van der Waals surface area contributed by atoms with Crippen LogP contribution in [0.15, 0.2) is 84.9 Å². The van der Waals surface area contributed by atoms with Crippen LogP contribution in [-0.4, -0.2) is 40.7 Å². The van der Waals surface area contributed by atoms with Gasteiger partial charge in [0, 0.05) is 13.1 Å². The van der Waals surface area contributed by atoms with E-state index in [9.17, 15) is 14.4 Å². The van der Waals surface area contributed by atoms with Crippen molar-refractivity contribution in [1.82, 2.24) is 15.1 Å². The van der Waals surface area contributed by atoms with Gasteiger partial charge in [0.15, 0.2) is 0 Å². The Hall–Kier alpha value is -3.93. The first kappa shape index (κ1) is 25.2. The van der Waals surface area contributed by atoms with Crippen LogP contribution < -0.4 is 5.32 Å². The number of urea groups is 1. The molecule has 6 nitrogen and oxygen atoms in total. The van der Waals surface area contributed by atoms with Crippen molar-refractivity contribution >= 4 is 17.8 Å². The number of hydrogen-bond acceptors (Lipinski definition) is 3. The van der Waals surface area contributed by atoms with E-state index in [0.29, 0.717) is 31.0 Å². The predicted molar refractivity (Wildman–Crippen MR) is 140 cm³/mol. The van der Waals surface area contributed by atoms with Crippen molar-refractivity contribution in [3.05, 3.63) is 107 Å². The molecule has 0 saturated carbocycles. The highest BCUT2D eigenvalue weighted by Crippen LogP contribution is 2.30. The Kier molecular flexibility index (Phi) is 7.53. The fraction of sp³-hybridized carbons (Fsp3) is 0.300. The van der Waals surface area contributed by atoms with E-state index in [2.05, 4.69) is 19.2 Å². The monoisotopic (exact) mass is 483 g/mol. The van der Waals surface area contributed by atoms with Gasteiger partial charge in [-0.25, -0.2) is 4.79 Å². The molecular formula is C30H33N3O3. The van der Waals surface area contributed by atoms with Crippen molar-refractivity contribution in [3.8, 4) is 0 Å². The molecule has 1 aliphatic rings. The van der Waals surface area contributed by atoms with E-state index in [4.69, 9.17) is 0 Å². The SMILES string of the molecule is CC(C)c1ccc(C2(C)NC(=O)N(CC(=O)N(CCc3ccccc3)Cc3ccccc3)C2=O)cc1. The molecule has 3 aromatic rings. The zero-order valence-electron chi connectivity index (χ0n) is 21.1. The van der Waals surface area contributed by atoms with Crippen LogP contribution in [0.1, 0.15) is 48.9 Å². The topological polar surface area (TPSA) is 69.7 Å². The van der Waals surface area contributed by atoms with Crippen molar-refractivity contribution in [3.63, 3.8) is 0 Å². The van der Waals surface area contributed by atoms with Gasteiger partial charge < -0.3 is 10.2 Å². The van der Waals surface area contributed by atoms with Gasteiger partial charge >= 0.3 is 6.03 Å². The minimum Gasteiger partial charge on any atom is -0.336 e. The lowest BCUT2D eigenvalue weighted by atomic mass is 9.90. The van der Waals surface area contributed by atoms with E-state index in [1.165, 1.54) is 0 Å². The third-order valence-corrected chi connectivity index (χ3v) is 6.81. The Balaban J connectivity index is 1.50. The molecular weight excluding hydrogens is 450 g/mol. The lowest BCUT2D eigenvalue weighted by Gasteiger charge is -2.26. The van der Waals surface area contributed by atoms with Gasteiger partial charge in [0.05, 0.1) is 0 Å². The third kappa shape index (κ3) is 5.48. The van der Waals surface area contributed by atoms with Gasteiger partial charge in [-0.2, -0.15) is 0 Å².